The van der Waals surface area contributed by atoms with E-state index in [2.05, 4.69) is 0 Å². The maximum absolute atomic E-state index is 14.3. The molecule has 0 unspecified atom stereocenters. The number of benzene rings is 5. The molecule has 0 aliphatic carbocycles. The van der Waals surface area contributed by atoms with Crippen molar-refractivity contribution < 1.29 is 56.0 Å². The van der Waals surface area contributed by atoms with Crippen LogP contribution in [0.1, 0.15) is 208 Å². The summed E-state index contributed by atoms with van der Waals surface area (Å²) < 4.78 is 57.4. The standard InChI is InChI=1S/C70H95NO12P2/c72-66-50-51-67(73)71(66)83-69(75)70(68(74)78-56-61-40-26-21-27-41-61,52-36-17-13-9-5-1-3-7-11-15-19-38-54-84(76,79-57-62-42-28-22-29-43-62)80-58-63-44-30-23-31-45-63)53-37-18-14-10-6-2-4-8-12-16-20-39-55-85(77,81-59-64-46-32-24-33-47-64)82-60-65-48-34-25-35-49-65/h21-35,40-49H,1-20,36-39,50-60H2. The third kappa shape index (κ3) is 27.0. The zero-order chi connectivity index (χ0) is 59.9. The van der Waals surface area contributed by atoms with Crippen LogP contribution in [0.15, 0.2) is 152 Å². The SMILES string of the molecule is O=C1CCC(=O)N1OC(=O)C(CCCCCCCCCCCCCCP(=O)(OCc1ccccc1)OCc1ccccc1)(CCCCCCCCCCCCCCP(=O)(OCc1ccccc1)OCc1ccccc1)C(=O)OCc1ccccc1. The summed E-state index contributed by atoms with van der Waals surface area (Å²) in [4.78, 5) is 59.6. The number of hydroxylamine groups is 2. The van der Waals surface area contributed by atoms with E-state index in [9.17, 15) is 28.3 Å². The Bertz CT molecular complexity index is 2490. The lowest BCUT2D eigenvalue weighted by Crippen LogP contribution is -2.46. The molecule has 0 saturated carbocycles. The van der Waals surface area contributed by atoms with E-state index in [0.717, 1.165) is 169 Å². The van der Waals surface area contributed by atoms with Gasteiger partial charge in [0.2, 0.25) is 0 Å². The summed E-state index contributed by atoms with van der Waals surface area (Å²) in [5.74, 6) is -2.74. The third-order valence-corrected chi connectivity index (χ3v) is 19.6. The summed E-state index contributed by atoms with van der Waals surface area (Å²) >= 11 is 0. The molecule has 0 spiro atoms. The van der Waals surface area contributed by atoms with Crippen molar-refractivity contribution in [3.63, 3.8) is 0 Å². The monoisotopic (exact) mass is 1200 g/mol. The second-order valence-electron chi connectivity index (χ2n) is 22.8. The summed E-state index contributed by atoms with van der Waals surface area (Å²) in [6, 6.07) is 48.4. The summed E-state index contributed by atoms with van der Waals surface area (Å²) in [6.45, 7) is 0.989. The lowest BCUT2D eigenvalue weighted by molar-refractivity contribution is -0.210. The minimum absolute atomic E-state index is 0.0109. The van der Waals surface area contributed by atoms with Gasteiger partial charge >= 0.3 is 27.1 Å². The Morgan fingerprint density at radius 3 is 0.871 bits per heavy atom. The highest BCUT2D eigenvalue weighted by molar-refractivity contribution is 7.54. The van der Waals surface area contributed by atoms with Gasteiger partial charge in [0.1, 0.15) is 6.61 Å². The zero-order valence-electron chi connectivity index (χ0n) is 50.4. The number of ether oxygens (including phenoxy) is 1. The fourth-order valence-electron chi connectivity index (χ4n) is 10.6. The van der Waals surface area contributed by atoms with Gasteiger partial charge in [0, 0.05) is 12.8 Å². The van der Waals surface area contributed by atoms with Crippen molar-refractivity contribution in [2.45, 2.75) is 213 Å². The molecule has 1 aliphatic rings. The van der Waals surface area contributed by atoms with E-state index < -0.39 is 44.4 Å². The van der Waals surface area contributed by atoms with Crippen molar-refractivity contribution >= 4 is 38.9 Å². The minimum atomic E-state index is -3.29. The molecule has 85 heavy (non-hydrogen) atoms. The van der Waals surface area contributed by atoms with Crippen molar-refractivity contribution in [3.8, 4) is 0 Å². The molecule has 2 amide bonds. The molecule has 0 bridgehead atoms. The van der Waals surface area contributed by atoms with E-state index in [4.69, 9.17) is 27.7 Å². The molecule has 0 radical (unpaired) electrons. The highest BCUT2D eigenvalue weighted by Crippen LogP contribution is 2.52. The highest BCUT2D eigenvalue weighted by atomic mass is 31.2. The number of unbranched alkanes of at least 4 members (excludes halogenated alkanes) is 22. The van der Waals surface area contributed by atoms with Crippen LogP contribution in [0.25, 0.3) is 0 Å². The van der Waals surface area contributed by atoms with E-state index in [1.54, 1.807) is 0 Å². The van der Waals surface area contributed by atoms with E-state index in [0.29, 0.717) is 30.2 Å². The van der Waals surface area contributed by atoms with Crippen molar-refractivity contribution in [1.29, 1.82) is 0 Å². The van der Waals surface area contributed by atoms with Crippen LogP contribution >= 0.6 is 15.2 Å². The van der Waals surface area contributed by atoms with Crippen LogP contribution in [-0.2, 0) is 89.0 Å². The Morgan fingerprint density at radius 1 is 0.341 bits per heavy atom. The molecule has 1 saturated heterocycles. The Kier molecular flexibility index (Phi) is 32.3. The van der Waals surface area contributed by atoms with Gasteiger partial charge in [-0.05, 0) is 53.5 Å². The molecule has 1 aliphatic heterocycles. The Hall–Kier alpha value is -5.52. The summed E-state index contributed by atoms with van der Waals surface area (Å²) in [6.07, 6.45) is 24.7. The molecule has 0 N–H and O–H groups in total. The molecule has 5 aromatic rings. The van der Waals surface area contributed by atoms with Crippen molar-refractivity contribution in [1.82, 2.24) is 5.06 Å². The van der Waals surface area contributed by atoms with Crippen LogP contribution in [0.3, 0.4) is 0 Å². The van der Waals surface area contributed by atoms with Gasteiger partial charge in [-0.15, -0.1) is 5.06 Å². The molecule has 1 heterocycles. The van der Waals surface area contributed by atoms with Crippen molar-refractivity contribution in [2.24, 2.45) is 5.41 Å². The average Bonchev–Trinajstić information content (AvgIpc) is 3.77. The number of esters is 1. The number of carbonyl (C=O) groups is 4. The van der Waals surface area contributed by atoms with Gasteiger partial charge in [0.15, 0.2) is 5.41 Å². The summed E-state index contributed by atoms with van der Waals surface area (Å²) in [7, 11) is -6.58. The first-order chi connectivity index (χ1) is 41.5. The molecule has 462 valence electrons. The maximum Gasteiger partial charge on any atom is 0.350 e. The van der Waals surface area contributed by atoms with Crippen molar-refractivity contribution in [2.75, 3.05) is 12.3 Å². The first kappa shape index (κ1) is 68.6. The van der Waals surface area contributed by atoms with Crippen LogP contribution in [0.2, 0.25) is 0 Å². The summed E-state index contributed by atoms with van der Waals surface area (Å²) in [5, 5.41) is 0.552. The Balaban J connectivity index is 0.877. The van der Waals surface area contributed by atoms with E-state index in [1.807, 2.05) is 152 Å². The van der Waals surface area contributed by atoms with Crippen molar-refractivity contribution in [3.05, 3.63) is 179 Å². The lowest BCUT2D eigenvalue weighted by atomic mass is 9.77. The van der Waals surface area contributed by atoms with Gasteiger partial charge < -0.3 is 27.7 Å². The number of rotatable bonds is 47. The first-order valence-electron chi connectivity index (χ1n) is 31.8. The van der Waals surface area contributed by atoms with Crippen LogP contribution in [0, 0.1) is 5.41 Å². The van der Waals surface area contributed by atoms with E-state index in [1.165, 1.54) is 0 Å². The smallest absolute Gasteiger partial charge is 0.350 e. The molecule has 13 nitrogen and oxygen atoms in total. The molecular formula is C70H95NO12P2. The van der Waals surface area contributed by atoms with E-state index >= 15 is 0 Å². The summed E-state index contributed by atoms with van der Waals surface area (Å²) in [5.41, 5.74) is 2.98. The largest absolute Gasteiger partial charge is 0.460 e. The fourth-order valence-corrected chi connectivity index (χ4v) is 13.9. The lowest BCUT2D eigenvalue weighted by Gasteiger charge is -2.30. The highest BCUT2D eigenvalue weighted by Gasteiger charge is 2.50. The van der Waals surface area contributed by atoms with Gasteiger partial charge in [-0.25, -0.2) is 4.79 Å². The molecule has 1 fully saturated rings. The van der Waals surface area contributed by atoms with Crippen LogP contribution in [-0.4, -0.2) is 41.1 Å². The Labute approximate surface area is 507 Å². The predicted octanol–water partition coefficient (Wildman–Crippen LogP) is 18.7. The number of carbonyl (C=O) groups excluding carboxylic acids is 4. The number of hydrogen-bond acceptors (Lipinski definition) is 12. The first-order valence-corrected chi connectivity index (χ1v) is 35.2. The van der Waals surface area contributed by atoms with Crippen LogP contribution < -0.4 is 0 Å². The minimum Gasteiger partial charge on any atom is -0.460 e. The second-order valence-corrected chi connectivity index (χ2v) is 27.2. The van der Waals surface area contributed by atoms with Gasteiger partial charge in [-0.1, -0.05) is 293 Å². The zero-order valence-corrected chi connectivity index (χ0v) is 52.2. The molecule has 15 heteroatoms. The Morgan fingerprint density at radius 2 is 0.588 bits per heavy atom. The van der Waals surface area contributed by atoms with E-state index in [-0.39, 0.29) is 58.7 Å². The second kappa shape index (κ2) is 40.0. The number of nitrogens with zero attached hydrogens (tertiary/aromatic N) is 1. The number of hydrogen-bond donors (Lipinski definition) is 0. The number of imide groups is 1. The predicted molar refractivity (Wildman–Crippen MR) is 336 cm³/mol. The van der Waals surface area contributed by atoms with Crippen LogP contribution in [0.4, 0.5) is 0 Å². The fraction of sp³-hybridized carbons (Fsp3) is 0.514. The number of amides is 2. The molecule has 6 rings (SSSR count). The maximum atomic E-state index is 14.3. The van der Waals surface area contributed by atoms with Gasteiger partial charge in [0.25, 0.3) is 11.8 Å². The van der Waals surface area contributed by atoms with Gasteiger partial charge in [-0.3, -0.25) is 23.5 Å². The average molecular weight is 1200 g/mol. The van der Waals surface area contributed by atoms with Gasteiger partial charge in [0.05, 0.1) is 38.8 Å². The normalized spacial score (nSPS) is 12.9. The third-order valence-electron chi connectivity index (χ3n) is 15.8. The molecule has 0 atom stereocenters. The molecular weight excluding hydrogens is 1110 g/mol. The molecule has 5 aromatic carbocycles. The quantitative estimate of drug-likeness (QED) is 0.0119. The molecule has 0 aromatic heterocycles. The van der Waals surface area contributed by atoms with Crippen LogP contribution in [0.5, 0.6) is 0 Å². The topological polar surface area (TPSA) is 161 Å². The van der Waals surface area contributed by atoms with Gasteiger partial charge in [-0.2, -0.15) is 0 Å².